The van der Waals surface area contributed by atoms with Gasteiger partial charge < -0.3 is 10.6 Å². The number of hydrogen-bond acceptors (Lipinski definition) is 4. The maximum absolute atomic E-state index is 11.3. The molecule has 0 aliphatic carbocycles. The summed E-state index contributed by atoms with van der Waals surface area (Å²) < 4.78 is 22.6. The summed E-state index contributed by atoms with van der Waals surface area (Å²) >= 11 is 0. The molecule has 0 radical (unpaired) electrons. The number of benzene rings is 1. The summed E-state index contributed by atoms with van der Waals surface area (Å²) in [6.45, 7) is 6.45. The second kappa shape index (κ2) is 5.26. The van der Waals surface area contributed by atoms with Gasteiger partial charge in [0, 0.05) is 13.1 Å². The summed E-state index contributed by atoms with van der Waals surface area (Å²) in [5, 5.41) is 5.12. The number of primary sulfonamides is 1. The molecule has 0 spiro atoms. The van der Waals surface area contributed by atoms with Crippen LogP contribution in [0.4, 0.5) is 11.4 Å². The predicted octanol–water partition coefficient (Wildman–Crippen LogP) is 1.93. The molecule has 1 aromatic carbocycles. The molecule has 2 rings (SSSR count). The molecule has 1 saturated heterocycles. The lowest BCUT2D eigenvalue weighted by atomic mass is 9.85. The van der Waals surface area contributed by atoms with Crippen molar-refractivity contribution in [3.63, 3.8) is 0 Å². The third kappa shape index (κ3) is 3.43. The summed E-state index contributed by atoms with van der Waals surface area (Å²) in [7, 11) is -3.70. The Hall–Kier alpha value is -1.27. The first-order valence-corrected chi connectivity index (χ1v) is 8.41. The number of nitrogens with zero attached hydrogens (tertiary/aromatic N) is 1. The Labute approximate surface area is 121 Å². The Morgan fingerprint density at radius 3 is 2.50 bits per heavy atom. The largest absolute Gasteiger partial charge is 0.397 e. The molecule has 5 nitrogen and oxygen atoms in total. The highest BCUT2D eigenvalue weighted by atomic mass is 32.2. The first-order chi connectivity index (χ1) is 9.19. The highest BCUT2D eigenvalue weighted by molar-refractivity contribution is 7.89. The van der Waals surface area contributed by atoms with Crippen LogP contribution in [-0.2, 0) is 10.0 Å². The standard InChI is InChI=1S/C14H23N3O2S/c1-14(2)6-3-8-17(9-7-14)13-5-4-11(10-12(13)15)20(16,18)19/h4-5,10H,3,6-9,15H2,1-2H3,(H2,16,18,19). The van der Waals surface area contributed by atoms with Crippen molar-refractivity contribution >= 4 is 21.4 Å². The van der Waals surface area contributed by atoms with Crippen molar-refractivity contribution < 1.29 is 8.42 Å². The van der Waals surface area contributed by atoms with Crippen LogP contribution in [0.15, 0.2) is 23.1 Å². The van der Waals surface area contributed by atoms with Crippen LogP contribution in [0.25, 0.3) is 0 Å². The average molecular weight is 297 g/mol. The second-order valence-corrected chi connectivity index (χ2v) is 7.83. The molecule has 1 heterocycles. The number of anilines is 2. The number of rotatable bonds is 2. The zero-order chi connectivity index (χ0) is 15.0. The molecule has 112 valence electrons. The van der Waals surface area contributed by atoms with Gasteiger partial charge >= 0.3 is 0 Å². The van der Waals surface area contributed by atoms with Gasteiger partial charge in [-0.05, 0) is 42.9 Å². The number of nitrogens with two attached hydrogens (primary N) is 2. The molecular formula is C14H23N3O2S. The first kappa shape index (κ1) is 15.1. The average Bonchev–Trinajstić information content (AvgIpc) is 2.49. The van der Waals surface area contributed by atoms with E-state index in [-0.39, 0.29) is 4.90 Å². The van der Waals surface area contributed by atoms with Gasteiger partial charge in [-0.15, -0.1) is 0 Å². The molecule has 1 aliphatic rings. The molecule has 0 saturated carbocycles. The molecular weight excluding hydrogens is 274 g/mol. The zero-order valence-electron chi connectivity index (χ0n) is 12.1. The van der Waals surface area contributed by atoms with E-state index < -0.39 is 10.0 Å². The first-order valence-electron chi connectivity index (χ1n) is 6.86. The van der Waals surface area contributed by atoms with Crippen LogP contribution in [0.5, 0.6) is 0 Å². The highest BCUT2D eigenvalue weighted by Gasteiger charge is 2.24. The summed E-state index contributed by atoms with van der Waals surface area (Å²) in [5.41, 5.74) is 7.72. The van der Waals surface area contributed by atoms with Gasteiger partial charge in [0.1, 0.15) is 0 Å². The summed E-state index contributed by atoms with van der Waals surface area (Å²) in [5.74, 6) is 0. The van der Waals surface area contributed by atoms with Gasteiger partial charge in [-0.25, -0.2) is 13.6 Å². The lowest BCUT2D eigenvalue weighted by molar-refractivity contribution is 0.325. The van der Waals surface area contributed by atoms with Crippen molar-refractivity contribution in [1.82, 2.24) is 0 Å². The van der Waals surface area contributed by atoms with Crippen LogP contribution in [0.1, 0.15) is 33.1 Å². The van der Waals surface area contributed by atoms with Crippen molar-refractivity contribution in [3.8, 4) is 0 Å². The molecule has 0 atom stereocenters. The van der Waals surface area contributed by atoms with E-state index in [4.69, 9.17) is 10.9 Å². The lowest BCUT2D eigenvalue weighted by Crippen LogP contribution is -2.26. The van der Waals surface area contributed by atoms with Crippen LogP contribution in [0, 0.1) is 5.41 Å². The van der Waals surface area contributed by atoms with Gasteiger partial charge in [0.05, 0.1) is 16.3 Å². The normalized spacial score (nSPS) is 19.6. The molecule has 0 unspecified atom stereocenters. The Morgan fingerprint density at radius 2 is 1.90 bits per heavy atom. The van der Waals surface area contributed by atoms with E-state index in [1.165, 1.54) is 18.6 Å². The Balaban J connectivity index is 2.25. The number of sulfonamides is 1. The van der Waals surface area contributed by atoms with Crippen molar-refractivity contribution in [2.45, 2.75) is 38.0 Å². The van der Waals surface area contributed by atoms with Crippen LogP contribution >= 0.6 is 0 Å². The van der Waals surface area contributed by atoms with Crippen molar-refractivity contribution in [3.05, 3.63) is 18.2 Å². The van der Waals surface area contributed by atoms with Crippen LogP contribution in [0.2, 0.25) is 0 Å². The fraction of sp³-hybridized carbons (Fsp3) is 0.571. The van der Waals surface area contributed by atoms with Crippen LogP contribution in [-0.4, -0.2) is 21.5 Å². The third-order valence-corrected chi connectivity index (χ3v) is 4.92. The Kier molecular flexibility index (Phi) is 3.97. The predicted molar refractivity (Wildman–Crippen MR) is 82.1 cm³/mol. The maximum atomic E-state index is 11.3. The van der Waals surface area contributed by atoms with E-state index in [2.05, 4.69) is 18.7 Å². The van der Waals surface area contributed by atoms with E-state index >= 15 is 0 Å². The molecule has 0 aromatic heterocycles. The van der Waals surface area contributed by atoms with E-state index in [9.17, 15) is 8.42 Å². The molecule has 1 aromatic rings. The summed E-state index contributed by atoms with van der Waals surface area (Å²) in [4.78, 5) is 2.30. The number of nitrogen functional groups attached to an aromatic ring is 1. The van der Waals surface area contributed by atoms with Crippen LogP contribution < -0.4 is 15.8 Å². The van der Waals surface area contributed by atoms with Gasteiger partial charge in [-0.2, -0.15) is 0 Å². The molecule has 4 N–H and O–H groups in total. The minimum absolute atomic E-state index is 0.0638. The molecule has 1 fully saturated rings. The summed E-state index contributed by atoms with van der Waals surface area (Å²) in [6, 6.07) is 4.73. The van der Waals surface area contributed by atoms with Gasteiger partial charge in [0.15, 0.2) is 0 Å². The minimum Gasteiger partial charge on any atom is -0.397 e. The van der Waals surface area contributed by atoms with Gasteiger partial charge in [-0.1, -0.05) is 13.8 Å². The quantitative estimate of drug-likeness (QED) is 0.816. The van der Waals surface area contributed by atoms with Gasteiger partial charge in [0.25, 0.3) is 0 Å². The fourth-order valence-electron chi connectivity index (χ4n) is 2.66. The fourth-order valence-corrected chi connectivity index (χ4v) is 3.21. The molecule has 1 aliphatic heterocycles. The smallest absolute Gasteiger partial charge is 0.238 e. The van der Waals surface area contributed by atoms with Crippen molar-refractivity contribution in [2.24, 2.45) is 10.6 Å². The van der Waals surface area contributed by atoms with Crippen molar-refractivity contribution in [1.29, 1.82) is 0 Å². The molecule has 6 heteroatoms. The van der Waals surface area contributed by atoms with Crippen molar-refractivity contribution in [2.75, 3.05) is 23.7 Å². The maximum Gasteiger partial charge on any atom is 0.238 e. The monoisotopic (exact) mass is 297 g/mol. The van der Waals surface area contributed by atoms with Crippen LogP contribution in [0.3, 0.4) is 0 Å². The van der Waals surface area contributed by atoms with E-state index in [1.54, 1.807) is 6.07 Å². The topological polar surface area (TPSA) is 89.4 Å². The minimum atomic E-state index is -3.70. The highest BCUT2D eigenvalue weighted by Crippen LogP contribution is 2.34. The zero-order valence-corrected chi connectivity index (χ0v) is 12.9. The second-order valence-electron chi connectivity index (χ2n) is 6.27. The Bertz CT molecular complexity index is 596. The van der Waals surface area contributed by atoms with Gasteiger partial charge in [0.2, 0.25) is 10.0 Å². The van der Waals surface area contributed by atoms with E-state index in [0.29, 0.717) is 11.1 Å². The third-order valence-electron chi connectivity index (χ3n) is 4.01. The lowest BCUT2D eigenvalue weighted by Gasteiger charge is -2.26. The molecule has 0 amide bonds. The summed E-state index contributed by atoms with van der Waals surface area (Å²) in [6.07, 6.45) is 3.41. The van der Waals surface area contributed by atoms with Gasteiger partial charge in [-0.3, -0.25) is 0 Å². The SMILES string of the molecule is CC1(C)CCCN(c2ccc(S(N)(=O)=O)cc2N)CC1. The molecule has 20 heavy (non-hydrogen) atoms. The van der Waals surface area contributed by atoms with E-state index in [0.717, 1.165) is 31.6 Å². The Morgan fingerprint density at radius 1 is 1.20 bits per heavy atom. The molecule has 0 bridgehead atoms. The number of hydrogen-bond donors (Lipinski definition) is 2. The van der Waals surface area contributed by atoms with E-state index in [1.807, 2.05) is 0 Å².